The first-order chi connectivity index (χ1) is 21.2. The number of pyridine rings is 1. The zero-order valence-corrected chi connectivity index (χ0v) is 25.7. The molecule has 0 N–H and O–H groups in total. The number of hydrogen-bond donors (Lipinski definition) is 0. The summed E-state index contributed by atoms with van der Waals surface area (Å²) >= 11 is 1.43. The molecule has 1 amide bonds. The molecule has 0 saturated carbocycles. The maximum atomic E-state index is 15.9. The van der Waals surface area contributed by atoms with Gasteiger partial charge in [0.15, 0.2) is 0 Å². The lowest BCUT2D eigenvalue weighted by atomic mass is 9.97. The van der Waals surface area contributed by atoms with Crippen molar-refractivity contribution in [2.45, 2.75) is 45.9 Å². The van der Waals surface area contributed by atoms with Gasteiger partial charge in [0.2, 0.25) is 5.91 Å². The Hall–Kier alpha value is -4.42. The van der Waals surface area contributed by atoms with Crippen molar-refractivity contribution in [1.82, 2.24) is 29.4 Å². The van der Waals surface area contributed by atoms with Crippen molar-refractivity contribution in [3.05, 3.63) is 72.0 Å². The lowest BCUT2D eigenvalue weighted by Crippen LogP contribution is -2.44. The Morgan fingerprint density at radius 3 is 2.75 bits per heavy atom. The summed E-state index contributed by atoms with van der Waals surface area (Å²) in [7, 11) is 1.53. The Bertz CT molecular complexity index is 1880. The molecule has 1 aliphatic rings. The number of rotatable bonds is 9. The first-order valence-corrected chi connectivity index (χ1v) is 15.1. The largest absolute Gasteiger partial charge is 0.490 e. The highest BCUT2D eigenvalue weighted by Gasteiger charge is 2.30. The molecule has 0 bridgehead atoms. The number of ether oxygens (including phenoxy) is 2. The molecule has 5 aromatic rings. The van der Waals surface area contributed by atoms with Crippen molar-refractivity contribution in [2.75, 3.05) is 20.3 Å². The summed E-state index contributed by atoms with van der Waals surface area (Å²) in [6.45, 7) is 10.8. The van der Waals surface area contributed by atoms with Crippen LogP contribution in [0, 0.1) is 11.6 Å². The third-order valence-corrected chi connectivity index (χ3v) is 8.62. The SMILES string of the molecule is C=CC(=O)N1Cc2cc(-c3nc(-c4cnn(C(C)C)c4)c4ccsc4c3-c3c(F)cc(F)cc3OCCOC)nn2C[C@H]1C. The average Bonchev–Trinajstić information content (AvgIpc) is 3.76. The number of thiophene rings is 1. The zero-order valence-electron chi connectivity index (χ0n) is 24.9. The smallest absolute Gasteiger partial charge is 0.246 e. The van der Waals surface area contributed by atoms with Gasteiger partial charge >= 0.3 is 0 Å². The molecule has 0 fully saturated rings. The quantitative estimate of drug-likeness (QED) is 0.139. The molecule has 6 rings (SSSR count). The Morgan fingerprint density at radius 2 is 2.02 bits per heavy atom. The van der Waals surface area contributed by atoms with Gasteiger partial charge in [-0.3, -0.25) is 14.2 Å². The van der Waals surface area contributed by atoms with Crippen molar-refractivity contribution in [3.63, 3.8) is 0 Å². The molecule has 12 heteroatoms. The average molecular weight is 619 g/mol. The summed E-state index contributed by atoms with van der Waals surface area (Å²) in [6.07, 6.45) is 5.00. The van der Waals surface area contributed by atoms with Gasteiger partial charge < -0.3 is 14.4 Å². The fraction of sp³-hybridized carbons (Fsp3) is 0.312. The van der Waals surface area contributed by atoms with Gasteiger partial charge in [-0.2, -0.15) is 10.2 Å². The third kappa shape index (κ3) is 5.28. The molecule has 1 aliphatic heterocycles. The molecule has 0 aliphatic carbocycles. The van der Waals surface area contributed by atoms with Crippen molar-refractivity contribution in [1.29, 1.82) is 0 Å². The van der Waals surface area contributed by atoms with Crippen LogP contribution in [0.5, 0.6) is 5.75 Å². The summed E-state index contributed by atoms with van der Waals surface area (Å²) in [5.41, 5.74) is 3.70. The van der Waals surface area contributed by atoms with Crippen molar-refractivity contribution < 1.29 is 23.0 Å². The molecular formula is C32H32F2N6O3S. The van der Waals surface area contributed by atoms with E-state index in [0.29, 0.717) is 35.7 Å². The summed E-state index contributed by atoms with van der Waals surface area (Å²) in [4.78, 5) is 19.4. The molecule has 4 aromatic heterocycles. The Kier molecular flexibility index (Phi) is 8.04. The summed E-state index contributed by atoms with van der Waals surface area (Å²) < 4.78 is 45.9. The molecule has 228 valence electrons. The maximum absolute atomic E-state index is 15.9. The summed E-state index contributed by atoms with van der Waals surface area (Å²) in [5.74, 6) is -1.67. The van der Waals surface area contributed by atoms with Gasteiger partial charge in [-0.25, -0.2) is 13.8 Å². The van der Waals surface area contributed by atoms with E-state index in [1.54, 1.807) is 11.1 Å². The molecular weight excluding hydrogens is 586 g/mol. The van der Waals surface area contributed by atoms with E-state index in [0.717, 1.165) is 27.4 Å². The lowest BCUT2D eigenvalue weighted by molar-refractivity contribution is -0.129. The van der Waals surface area contributed by atoms with Gasteiger partial charge in [0.05, 0.1) is 42.8 Å². The second-order valence-corrected chi connectivity index (χ2v) is 11.9. The van der Waals surface area contributed by atoms with Crippen molar-refractivity contribution in [3.8, 4) is 39.5 Å². The number of hydrogen-bond acceptors (Lipinski definition) is 7. The van der Waals surface area contributed by atoms with E-state index in [1.807, 2.05) is 53.8 Å². The summed E-state index contributed by atoms with van der Waals surface area (Å²) in [5, 5.41) is 12.1. The Morgan fingerprint density at radius 1 is 1.20 bits per heavy atom. The number of carbonyl (C=O) groups is 1. The van der Waals surface area contributed by atoms with Gasteiger partial charge in [0.1, 0.15) is 35.4 Å². The molecule has 9 nitrogen and oxygen atoms in total. The topological polar surface area (TPSA) is 87.3 Å². The maximum Gasteiger partial charge on any atom is 0.246 e. The van der Waals surface area contributed by atoms with E-state index in [1.165, 1.54) is 30.6 Å². The minimum Gasteiger partial charge on any atom is -0.490 e. The van der Waals surface area contributed by atoms with Crippen LogP contribution in [-0.2, 0) is 22.6 Å². The predicted octanol–water partition coefficient (Wildman–Crippen LogP) is 6.49. The third-order valence-electron chi connectivity index (χ3n) is 7.69. The molecule has 0 radical (unpaired) electrons. The van der Waals surface area contributed by atoms with Gasteiger partial charge in [0, 0.05) is 58.7 Å². The van der Waals surface area contributed by atoms with E-state index < -0.39 is 11.6 Å². The van der Waals surface area contributed by atoms with Gasteiger partial charge in [-0.1, -0.05) is 6.58 Å². The standard InChI is InChI=1S/C32H32F2N6O3S/c1-6-27(41)38-17-22-13-25(37-40(22)15-19(38)4)31-29(28-24(34)11-21(33)12-26(28)43-9-8-42-5)32-23(7-10-44-32)30(36-31)20-14-35-39(16-20)18(2)3/h6-7,10-14,16,18-19H,1,8-9,15,17H2,2-5H3/t19-/m1/s1. The van der Waals surface area contributed by atoms with E-state index in [4.69, 9.17) is 19.6 Å². The lowest BCUT2D eigenvalue weighted by Gasteiger charge is -2.33. The highest BCUT2D eigenvalue weighted by molar-refractivity contribution is 7.18. The molecule has 0 unspecified atom stereocenters. The molecule has 44 heavy (non-hydrogen) atoms. The zero-order chi connectivity index (χ0) is 31.1. The van der Waals surface area contributed by atoms with Crippen LogP contribution >= 0.6 is 11.3 Å². The molecule has 1 aromatic carbocycles. The number of methoxy groups -OCH3 is 1. The van der Waals surface area contributed by atoms with Gasteiger partial charge in [0.25, 0.3) is 0 Å². The number of fused-ring (bicyclic) bond motifs is 2. The minimum atomic E-state index is -0.782. The number of carbonyl (C=O) groups excluding carboxylic acids is 1. The second kappa shape index (κ2) is 11.9. The van der Waals surface area contributed by atoms with E-state index in [2.05, 4.69) is 11.7 Å². The van der Waals surface area contributed by atoms with Crippen LogP contribution in [0.1, 0.15) is 32.5 Å². The number of aromatic nitrogens is 5. The number of nitrogens with zero attached hydrogens (tertiary/aromatic N) is 6. The Labute approximate surface area is 257 Å². The second-order valence-electron chi connectivity index (χ2n) is 11.0. The first-order valence-electron chi connectivity index (χ1n) is 14.3. The van der Waals surface area contributed by atoms with Crippen LogP contribution in [0.15, 0.2) is 54.7 Å². The number of halogens is 2. The predicted molar refractivity (Wildman–Crippen MR) is 165 cm³/mol. The fourth-order valence-electron chi connectivity index (χ4n) is 5.49. The molecule has 5 heterocycles. The van der Waals surface area contributed by atoms with Gasteiger partial charge in [-0.15, -0.1) is 11.3 Å². The highest BCUT2D eigenvalue weighted by Crippen LogP contribution is 2.47. The molecule has 0 saturated heterocycles. The number of amides is 1. The van der Waals surface area contributed by atoms with Crippen LogP contribution in [0.4, 0.5) is 8.78 Å². The minimum absolute atomic E-state index is 0.0398. The first kappa shape index (κ1) is 29.6. The van der Waals surface area contributed by atoms with E-state index in [9.17, 15) is 9.18 Å². The van der Waals surface area contributed by atoms with Crippen LogP contribution in [0.3, 0.4) is 0 Å². The fourth-order valence-corrected chi connectivity index (χ4v) is 6.44. The Balaban J connectivity index is 1.61. The van der Waals surface area contributed by atoms with Crippen molar-refractivity contribution >= 4 is 27.3 Å². The monoisotopic (exact) mass is 618 g/mol. The van der Waals surface area contributed by atoms with Crippen LogP contribution in [0.2, 0.25) is 0 Å². The van der Waals surface area contributed by atoms with Crippen LogP contribution < -0.4 is 4.74 Å². The van der Waals surface area contributed by atoms with Crippen LogP contribution in [0.25, 0.3) is 43.9 Å². The summed E-state index contributed by atoms with van der Waals surface area (Å²) in [6, 6.07) is 5.87. The van der Waals surface area contributed by atoms with E-state index in [-0.39, 0.29) is 42.5 Å². The normalized spacial score (nSPS) is 14.8. The number of benzene rings is 1. The van der Waals surface area contributed by atoms with Gasteiger partial charge in [-0.05, 0) is 44.4 Å². The van der Waals surface area contributed by atoms with Crippen molar-refractivity contribution in [2.24, 2.45) is 0 Å². The van der Waals surface area contributed by atoms with Crippen LogP contribution in [-0.4, -0.2) is 61.7 Å². The molecule has 0 spiro atoms. The highest BCUT2D eigenvalue weighted by atomic mass is 32.1. The van der Waals surface area contributed by atoms with E-state index >= 15 is 4.39 Å². The molecule has 1 atom stereocenters.